The van der Waals surface area contributed by atoms with Crippen LogP contribution < -0.4 is 5.63 Å². The van der Waals surface area contributed by atoms with E-state index in [9.17, 15) is 9.90 Å². The summed E-state index contributed by atoms with van der Waals surface area (Å²) in [5.74, 6) is 1.52. The van der Waals surface area contributed by atoms with E-state index in [0.29, 0.717) is 23.7 Å². The number of aromatic hydroxyl groups is 1. The van der Waals surface area contributed by atoms with Crippen molar-refractivity contribution in [2.45, 2.75) is 63.7 Å². The SMILES string of the molecule is O=c1oc2c(c(O)c1Cc1ccccc1C1CC1)CCCCCC2. The lowest BCUT2D eigenvalue weighted by atomic mass is 9.93. The molecule has 2 aliphatic carbocycles. The van der Waals surface area contributed by atoms with Crippen molar-refractivity contribution in [3.05, 3.63) is 62.7 Å². The van der Waals surface area contributed by atoms with Gasteiger partial charge < -0.3 is 9.52 Å². The molecule has 0 spiro atoms. The molecule has 0 atom stereocenters. The first kappa shape index (κ1) is 15.5. The van der Waals surface area contributed by atoms with Crippen molar-refractivity contribution in [3.63, 3.8) is 0 Å². The lowest BCUT2D eigenvalue weighted by molar-refractivity contribution is 0.390. The summed E-state index contributed by atoms with van der Waals surface area (Å²) < 4.78 is 5.62. The van der Waals surface area contributed by atoms with Gasteiger partial charge in [-0.3, -0.25) is 0 Å². The summed E-state index contributed by atoms with van der Waals surface area (Å²) in [4.78, 5) is 12.5. The molecule has 0 radical (unpaired) electrons. The molecule has 1 N–H and O–H groups in total. The molecule has 126 valence electrons. The van der Waals surface area contributed by atoms with Gasteiger partial charge in [0.2, 0.25) is 0 Å². The first-order chi connectivity index (χ1) is 11.7. The van der Waals surface area contributed by atoms with Gasteiger partial charge in [-0.2, -0.15) is 0 Å². The van der Waals surface area contributed by atoms with Crippen LogP contribution in [0.3, 0.4) is 0 Å². The molecule has 2 aromatic rings. The van der Waals surface area contributed by atoms with Gasteiger partial charge in [0.25, 0.3) is 0 Å². The molecular formula is C21H24O3. The smallest absolute Gasteiger partial charge is 0.343 e. The second-order valence-electron chi connectivity index (χ2n) is 7.18. The van der Waals surface area contributed by atoms with Crippen LogP contribution >= 0.6 is 0 Å². The fraction of sp³-hybridized carbons (Fsp3) is 0.476. The maximum Gasteiger partial charge on any atom is 0.343 e. The summed E-state index contributed by atoms with van der Waals surface area (Å²) in [5, 5.41) is 10.8. The standard InChI is InChI=1S/C21H24O3/c22-20-17-9-3-1-2-4-10-19(17)24-21(23)18(20)13-15-7-5-6-8-16(15)14-11-12-14/h5-8,14,22H,1-4,9-13H2. The number of rotatable bonds is 3. The van der Waals surface area contributed by atoms with Gasteiger partial charge in [-0.05, 0) is 49.1 Å². The van der Waals surface area contributed by atoms with E-state index in [1.807, 2.05) is 6.07 Å². The van der Waals surface area contributed by atoms with Gasteiger partial charge in [-0.1, -0.05) is 37.1 Å². The van der Waals surface area contributed by atoms with Crippen molar-refractivity contribution in [2.24, 2.45) is 0 Å². The van der Waals surface area contributed by atoms with Crippen LogP contribution in [0.4, 0.5) is 0 Å². The Balaban J connectivity index is 1.73. The first-order valence-electron chi connectivity index (χ1n) is 9.18. The van der Waals surface area contributed by atoms with Gasteiger partial charge in [0.15, 0.2) is 0 Å². The molecule has 0 unspecified atom stereocenters. The summed E-state index contributed by atoms with van der Waals surface area (Å²) in [6.07, 6.45) is 8.90. The zero-order chi connectivity index (χ0) is 16.5. The van der Waals surface area contributed by atoms with Crippen LogP contribution in [0.5, 0.6) is 5.75 Å². The van der Waals surface area contributed by atoms with Gasteiger partial charge in [-0.15, -0.1) is 0 Å². The third kappa shape index (κ3) is 3.00. The van der Waals surface area contributed by atoms with E-state index in [1.54, 1.807) is 0 Å². The Hall–Kier alpha value is -2.03. The molecule has 24 heavy (non-hydrogen) atoms. The number of hydrogen-bond acceptors (Lipinski definition) is 3. The molecular weight excluding hydrogens is 300 g/mol. The Bertz CT molecular complexity index is 799. The predicted octanol–water partition coefficient (Wildman–Crippen LogP) is 4.47. The fourth-order valence-corrected chi connectivity index (χ4v) is 3.88. The molecule has 1 fully saturated rings. The molecule has 1 aromatic carbocycles. The minimum Gasteiger partial charge on any atom is -0.507 e. The van der Waals surface area contributed by atoms with Crippen molar-refractivity contribution in [2.75, 3.05) is 0 Å². The van der Waals surface area contributed by atoms with Crippen LogP contribution in [0.2, 0.25) is 0 Å². The van der Waals surface area contributed by atoms with Crippen LogP contribution in [-0.4, -0.2) is 5.11 Å². The highest BCUT2D eigenvalue weighted by molar-refractivity contribution is 5.45. The molecule has 0 saturated heterocycles. The topological polar surface area (TPSA) is 50.4 Å². The molecule has 2 aliphatic rings. The Morgan fingerprint density at radius 1 is 1.04 bits per heavy atom. The molecule has 1 saturated carbocycles. The molecule has 0 aliphatic heterocycles. The monoisotopic (exact) mass is 324 g/mol. The first-order valence-corrected chi connectivity index (χ1v) is 9.18. The second-order valence-corrected chi connectivity index (χ2v) is 7.18. The minimum atomic E-state index is -0.363. The Morgan fingerprint density at radius 2 is 1.79 bits per heavy atom. The normalized spacial score (nSPS) is 17.8. The largest absolute Gasteiger partial charge is 0.507 e. The number of fused-ring (bicyclic) bond motifs is 1. The molecule has 0 amide bonds. The summed E-state index contributed by atoms with van der Waals surface area (Å²) in [7, 11) is 0. The van der Waals surface area contributed by atoms with Crippen LogP contribution in [0.25, 0.3) is 0 Å². The zero-order valence-corrected chi connectivity index (χ0v) is 14.0. The Kier molecular flexibility index (Phi) is 4.17. The van der Waals surface area contributed by atoms with Crippen molar-refractivity contribution in [1.82, 2.24) is 0 Å². The van der Waals surface area contributed by atoms with E-state index in [1.165, 1.54) is 31.2 Å². The number of hydrogen-bond donors (Lipinski definition) is 1. The predicted molar refractivity (Wildman–Crippen MR) is 93.7 cm³/mol. The van der Waals surface area contributed by atoms with Gasteiger partial charge in [0.05, 0.1) is 5.56 Å². The average molecular weight is 324 g/mol. The maximum atomic E-state index is 12.5. The second kappa shape index (κ2) is 6.46. The fourth-order valence-electron chi connectivity index (χ4n) is 3.88. The summed E-state index contributed by atoms with van der Waals surface area (Å²) in [6.45, 7) is 0. The number of benzene rings is 1. The van der Waals surface area contributed by atoms with Crippen molar-refractivity contribution in [1.29, 1.82) is 0 Å². The van der Waals surface area contributed by atoms with Crippen LogP contribution in [0.1, 0.15) is 72.5 Å². The summed E-state index contributed by atoms with van der Waals surface area (Å²) >= 11 is 0. The van der Waals surface area contributed by atoms with E-state index >= 15 is 0 Å². The van der Waals surface area contributed by atoms with Crippen LogP contribution in [0.15, 0.2) is 33.5 Å². The highest BCUT2D eigenvalue weighted by atomic mass is 16.4. The molecule has 3 heteroatoms. The minimum absolute atomic E-state index is 0.189. The lowest BCUT2D eigenvalue weighted by Gasteiger charge is -2.16. The molecule has 3 nitrogen and oxygen atoms in total. The van der Waals surface area contributed by atoms with Gasteiger partial charge in [-0.25, -0.2) is 4.79 Å². The lowest BCUT2D eigenvalue weighted by Crippen LogP contribution is -2.14. The van der Waals surface area contributed by atoms with E-state index in [0.717, 1.165) is 36.8 Å². The van der Waals surface area contributed by atoms with Gasteiger partial charge in [0.1, 0.15) is 11.5 Å². The molecule has 1 heterocycles. The molecule has 1 aromatic heterocycles. The van der Waals surface area contributed by atoms with E-state index < -0.39 is 0 Å². The highest BCUT2D eigenvalue weighted by Gasteiger charge is 2.27. The zero-order valence-electron chi connectivity index (χ0n) is 14.0. The average Bonchev–Trinajstić information content (AvgIpc) is 3.39. The quantitative estimate of drug-likeness (QED) is 0.906. The van der Waals surface area contributed by atoms with E-state index in [4.69, 9.17) is 4.42 Å². The van der Waals surface area contributed by atoms with Crippen LogP contribution in [0, 0.1) is 0 Å². The summed E-state index contributed by atoms with van der Waals surface area (Å²) in [6, 6.07) is 8.29. The van der Waals surface area contributed by atoms with Crippen molar-refractivity contribution in [3.8, 4) is 5.75 Å². The van der Waals surface area contributed by atoms with Crippen LogP contribution in [-0.2, 0) is 19.3 Å². The third-order valence-electron chi connectivity index (χ3n) is 5.39. The Morgan fingerprint density at radius 3 is 2.58 bits per heavy atom. The van der Waals surface area contributed by atoms with E-state index in [-0.39, 0.29) is 11.4 Å². The van der Waals surface area contributed by atoms with Crippen molar-refractivity contribution >= 4 is 0 Å². The van der Waals surface area contributed by atoms with E-state index in [2.05, 4.69) is 18.2 Å². The molecule has 0 bridgehead atoms. The van der Waals surface area contributed by atoms with Gasteiger partial charge >= 0.3 is 5.63 Å². The van der Waals surface area contributed by atoms with Crippen molar-refractivity contribution < 1.29 is 9.52 Å². The Labute approximate surface area is 142 Å². The van der Waals surface area contributed by atoms with Gasteiger partial charge in [0, 0.05) is 18.4 Å². The number of aryl methyl sites for hydroxylation is 1. The third-order valence-corrected chi connectivity index (χ3v) is 5.39. The highest BCUT2D eigenvalue weighted by Crippen LogP contribution is 2.42. The molecule has 4 rings (SSSR count). The maximum absolute atomic E-state index is 12.5. The summed E-state index contributed by atoms with van der Waals surface area (Å²) in [5.41, 5.74) is 3.41.